The molecule has 0 unspecified atom stereocenters. The van der Waals surface area contributed by atoms with E-state index in [9.17, 15) is 9.59 Å². The smallest absolute Gasteiger partial charge is 0.251 e. The van der Waals surface area contributed by atoms with Crippen molar-refractivity contribution >= 4 is 11.7 Å². The van der Waals surface area contributed by atoms with E-state index in [4.69, 9.17) is 5.73 Å². The maximum atomic E-state index is 12.3. The molecule has 1 aromatic rings. The average Bonchev–Trinajstić information content (AvgIpc) is 2.41. The van der Waals surface area contributed by atoms with Gasteiger partial charge < -0.3 is 11.1 Å². The first-order valence-corrected chi connectivity index (χ1v) is 7.49. The van der Waals surface area contributed by atoms with Gasteiger partial charge >= 0.3 is 0 Å². The van der Waals surface area contributed by atoms with Gasteiger partial charge in [-0.1, -0.05) is 19.4 Å². The van der Waals surface area contributed by atoms with Crippen LogP contribution >= 0.6 is 0 Å². The van der Waals surface area contributed by atoms with E-state index in [2.05, 4.69) is 12.2 Å². The van der Waals surface area contributed by atoms with Crippen molar-refractivity contribution in [2.24, 2.45) is 5.73 Å². The average molecular weight is 290 g/mol. The van der Waals surface area contributed by atoms with Gasteiger partial charge in [-0.05, 0) is 56.9 Å². The summed E-state index contributed by atoms with van der Waals surface area (Å²) in [5, 5.41) is 2.80. The van der Waals surface area contributed by atoms with Gasteiger partial charge in [-0.2, -0.15) is 0 Å². The van der Waals surface area contributed by atoms with Crippen molar-refractivity contribution in [3.8, 4) is 0 Å². The maximum Gasteiger partial charge on any atom is 0.251 e. The molecular weight excluding hydrogens is 264 g/mol. The van der Waals surface area contributed by atoms with Crippen LogP contribution < -0.4 is 11.1 Å². The molecule has 0 aromatic heterocycles. The second kappa shape index (κ2) is 7.93. The summed E-state index contributed by atoms with van der Waals surface area (Å²) >= 11 is 0. The molecule has 2 atom stereocenters. The molecule has 21 heavy (non-hydrogen) atoms. The molecule has 0 heterocycles. The predicted octanol–water partition coefficient (Wildman–Crippen LogP) is 2.51. The summed E-state index contributed by atoms with van der Waals surface area (Å²) in [5.74, 6) is -0.277. The van der Waals surface area contributed by atoms with Gasteiger partial charge in [-0.25, -0.2) is 0 Å². The first kappa shape index (κ1) is 17.4. The minimum Gasteiger partial charge on any atom is -0.342 e. The standard InChI is InChI=1S/C17H26N2O2/c1-5-6-15(18)10-16(13(4)20)19-17(21)14-8-7-11(2)12(3)9-14/h7-9,15-16H,5-6,10,18H2,1-4H3,(H,19,21)/t15-,16+/m1/s1. The zero-order valence-electron chi connectivity index (χ0n) is 13.4. The Morgan fingerprint density at radius 1 is 1.24 bits per heavy atom. The molecule has 0 aliphatic heterocycles. The topological polar surface area (TPSA) is 72.2 Å². The minimum atomic E-state index is -0.513. The molecule has 0 spiro atoms. The van der Waals surface area contributed by atoms with E-state index in [-0.39, 0.29) is 17.7 Å². The summed E-state index contributed by atoms with van der Waals surface area (Å²) in [6.07, 6.45) is 2.31. The highest BCUT2D eigenvalue weighted by molar-refractivity contribution is 5.97. The van der Waals surface area contributed by atoms with Crippen molar-refractivity contribution in [1.82, 2.24) is 5.32 Å². The van der Waals surface area contributed by atoms with E-state index < -0.39 is 6.04 Å². The zero-order valence-corrected chi connectivity index (χ0v) is 13.4. The van der Waals surface area contributed by atoms with E-state index in [1.54, 1.807) is 6.07 Å². The number of carbonyl (C=O) groups is 2. The van der Waals surface area contributed by atoms with Crippen molar-refractivity contribution in [3.63, 3.8) is 0 Å². The molecular formula is C17H26N2O2. The fraction of sp³-hybridized carbons (Fsp3) is 0.529. The molecule has 1 amide bonds. The van der Waals surface area contributed by atoms with Crippen LogP contribution in [0.5, 0.6) is 0 Å². The number of ketones is 1. The van der Waals surface area contributed by atoms with Gasteiger partial charge in [0, 0.05) is 11.6 Å². The molecule has 0 bridgehead atoms. The van der Waals surface area contributed by atoms with Crippen molar-refractivity contribution < 1.29 is 9.59 Å². The normalized spacial score (nSPS) is 13.6. The van der Waals surface area contributed by atoms with Crippen LogP contribution in [0, 0.1) is 13.8 Å². The molecule has 116 valence electrons. The molecule has 0 aliphatic rings. The van der Waals surface area contributed by atoms with Gasteiger partial charge in [0.2, 0.25) is 0 Å². The molecule has 0 saturated carbocycles. The third kappa shape index (κ3) is 5.31. The van der Waals surface area contributed by atoms with Crippen molar-refractivity contribution in [1.29, 1.82) is 0 Å². The molecule has 0 aliphatic carbocycles. The van der Waals surface area contributed by atoms with Gasteiger partial charge in [-0.15, -0.1) is 0 Å². The van der Waals surface area contributed by atoms with E-state index in [1.165, 1.54) is 6.92 Å². The van der Waals surface area contributed by atoms with Crippen molar-refractivity contribution in [2.75, 3.05) is 0 Å². The number of rotatable bonds is 7. The summed E-state index contributed by atoms with van der Waals surface area (Å²) in [4.78, 5) is 24.0. The predicted molar refractivity (Wildman–Crippen MR) is 85.4 cm³/mol. The fourth-order valence-electron chi connectivity index (χ4n) is 2.24. The zero-order chi connectivity index (χ0) is 16.0. The van der Waals surface area contributed by atoms with Crippen LogP contribution in [0.2, 0.25) is 0 Å². The highest BCUT2D eigenvalue weighted by atomic mass is 16.2. The van der Waals surface area contributed by atoms with E-state index >= 15 is 0 Å². The number of Topliss-reactive ketones (excluding diaryl/α,β-unsaturated/α-hetero) is 1. The van der Waals surface area contributed by atoms with E-state index in [1.807, 2.05) is 26.0 Å². The van der Waals surface area contributed by atoms with Gasteiger partial charge in [0.05, 0.1) is 6.04 Å². The number of hydrogen-bond donors (Lipinski definition) is 2. The lowest BCUT2D eigenvalue weighted by Gasteiger charge is -2.20. The molecule has 3 N–H and O–H groups in total. The van der Waals surface area contributed by atoms with Crippen molar-refractivity contribution in [2.45, 2.75) is 59.0 Å². The maximum absolute atomic E-state index is 12.3. The number of carbonyl (C=O) groups excluding carboxylic acids is 2. The van der Waals surface area contributed by atoms with Crippen LogP contribution in [-0.2, 0) is 4.79 Å². The largest absolute Gasteiger partial charge is 0.342 e. The second-order valence-corrected chi connectivity index (χ2v) is 5.72. The molecule has 1 rings (SSSR count). The van der Waals surface area contributed by atoms with Crippen LogP contribution in [0.4, 0.5) is 0 Å². The third-order valence-corrected chi connectivity index (χ3v) is 3.76. The summed E-state index contributed by atoms with van der Waals surface area (Å²) in [7, 11) is 0. The fourth-order valence-corrected chi connectivity index (χ4v) is 2.24. The molecule has 0 radical (unpaired) electrons. The number of amides is 1. The van der Waals surface area contributed by atoms with Gasteiger partial charge in [0.15, 0.2) is 5.78 Å². The Labute approximate surface area is 127 Å². The first-order chi connectivity index (χ1) is 9.85. The Balaban J connectivity index is 2.76. The van der Waals surface area contributed by atoms with Crippen LogP contribution in [0.15, 0.2) is 18.2 Å². The molecule has 0 saturated heterocycles. The Bertz CT molecular complexity index is 512. The third-order valence-electron chi connectivity index (χ3n) is 3.76. The molecule has 0 fully saturated rings. The Morgan fingerprint density at radius 2 is 1.90 bits per heavy atom. The lowest BCUT2D eigenvalue weighted by atomic mass is 10.00. The lowest BCUT2D eigenvalue weighted by molar-refractivity contribution is -0.119. The lowest BCUT2D eigenvalue weighted by Crippen LogP contribution is -2.43. The number of benzene rings is 1. The molecule has 1 aromatic carbocycles. The van der Waals surface area contributed by atoms with Gasteiger partial charge in [0.1, 0.15) is 0 Å². The SMILES string of the molecule is CCC[C@@H](N)C[C@H](NC(=O)c1ccc(C)c(C)c1)C(C)=O. The summed E-state index contributed by atoms with van der Waals surface area (Å²) < 4.78 is 0. The monoisotopic (exact) mass is 290 g/mol. The van der Waals surface area contributed by atoms with E-state index in [0.29, 0.717) is 12.0 Å². The van der Waals surface area contributed by atoms with Crippen molar-refractivity contribution in [3.05, 3.63) is 34.9 Å². The number of nitrogens with one attached hydrogen (secondary N) is 1. The second-order valence-electron chi connectivity index (χ2n) is 5.72. The van der Waals surface area contributed by atoms with Gasteiger partial charge in [0.25, 0.3) is 5.91 Å². The van der Waals surface area contributed by atoms with Crippen LogP contribution in [0.25, 0.3) is 0 Å². The number of nitrogens with two attached hydrogens (primary N) is 1. The molecule has 4 heteroatoms. The van der Waals surface area contributed by atoms with E-state index in [0.717, 1.165) is 24.0 Å². The van der Waals surface area contributed by atoms with Crippen LogP contribution in [-0.4, -0.2) is 23.8 Å². The number of hydrogen-bond acceptors (Lipinski definition) is 3. The molecule has 4 nitrogen and oxygen atoms in total. The van der Waals surface area contributed by atoms with Gasteiger partial charge in [-0.3, -0.25) is 9.59 Å². The Morgan fingerprint density at radius 3 is 2.43 bits per heavy atom. The summed E-state index contributed by atoms with van der Waals surface area (Å²) in [6.45, 7) is 7.51. The van der Waals surface area contributed by atoms with Crippen LogP contribution in [0.1, 0.15) is 54.6 Å². The number of aryl methyl sites for hydroxylation is 2. The highest BCUT2D eigenvalue weighted by Gasteiger charge is 2.20. The minimum absolute atomic E-state index is 0.0567. The summed E-state index contributed by atoms with van der Waals surface area (Å²) in [6, 6.07) is 4.95. The Kier molecular flexibility index (Phi) is 6.56. The van der Waals surface area contributed by atoms with Crippen LogP contribution in [0.3, 0.4) is 0 Å². The highest BCUT2D eigenvalue weighted by Crippen LogP contribution is 2.11. The quantitative estimate of drug-likeness (QED) is 0.810. The summed E-state index contributed by atoms with van der Waals surface area (Å²) in [5.41, 5.74) is 8.75. The Hall–Kier alpha value is -1.68. The first-order valence-electron chi connectivity index (χ1n) is 7.49.